The van der Waals surface area contributed by atoms with Crippen LogP contribution in [0.15, 0.2) is 24.3 Å². The topological polar surface area (TPSA) is 99.5 Å². The van der Waals surface area contributed by atoms with E-state index in [1.807, 2.05) is 31.2 Å². The van der Waals surface area contributed by atoms with Crippen LogP contribution in [0.1, 0.15) is 58.9 Å². The Labute approximate surface area is 208 Å². The van der Waals surface area contributed by atoms with Crippen molar-refractivity contribution < 1.29 is 19.1 Å². The van der Waals surface area contributed by atoms with E-state index in [1.165, 1.54) is 0 Å². The zero-order valence-electron chi connectivity index (χ0n) is 21.5. The highest BCUT2D eigenvalue weighted by atomic mass is 16.5. The molecule has 1 aliphatic heterocycles. The summed E-state index contributed by atoms with van der Waals surface area (Å²) >= 11 is 0. The van der Waals surface area contributed by atoms with Gasteiger partial charge in [-0.1, -0.05) is 45.4 Å². The number of benzene rings is 1. The number of ketones is 1. The van der Waals surface area contributed by atoms with Crippen LogP contribution in [0.2, 0.25) is 0 Å². The number of fused-ring (bicyclic) bond motifs is 1. The van der Waals surface area contributed by atoms with Gasteiger partial charge in [-0.05, 0) is 61.0 Å². The molecule has 1 unspecified atom stereocenters. The molecule has 4 rings (SSSR count). The van der Waals surface area contributed by atoms with Crippen LogP contribution in [0.3, 0.4) is 0 Å². The van der Waals surface area contributed by atoms with Gasteiger partial charge in [0.2, 0.25) is 5.91 Å². The fourth-order valence-electron chi connectivity index (χ4n) is 6.07. The molecule has 7 nitrogen and oxygen atoms in total. The molecule has 7 heteroatoms. The summed E-state index contributed by atoms with van der Waals surface area (Å²) in [7, 11) is 0. The lowest BCUT2D eigenvalue weighted by atomic mass is 9.71. The van der Waals surface area contributed by atoms with E-state index in [0.717, 1.165) is 18.4 Å². The van der Waals surface area contributed by atoms with E-state index in [0.29, 0.717) is 25.1 Å². The first-order chi connectivity index (χ1) is 16.4. The van der Waals surface area contributed by atoms with Crippen molar-refractivity contribution in [2.75, 3.05) is 13.2 Å². The van der Waals surface area contributed by atoms with Crippen molar-refractivity contribution in [2.24, 2.45) is 28.6 Å². The van der Waals surface area contributed by atoms with Crippen LogP contribution in [0.4, 0.5) is 0 Å². The van der Waals surface area contributed by atoms with Gasteiger partial charge in [0.25, 0.3) is 5.91 Å². The van der Waals surface area contributed by atoms with Crippen molar-refractivity contribution in [1.29, 1.82) is 5.26 Å². The predicted octanol–water partition coefficient (Wildman–Crippen LogP) is 3.65. The van der Waals surface area contributed by atoms with Crippen LogP contribution in [-0.2, 0) is 14.4 Å². The molecule has 3 fully saturated rings. The molecule has 3 aliphatic rings. The molecule has 1 aromatic rings. The number of amides is 2. The minimum Gasteiger partial charge on any atom is -0.484 e. The summed E-state index contributed by atoms with van der Waals surface area (Å²) in [4.78, 5) is 40.7. The van der Waals surface area contributed by atoms with E-state index in [9.17, 15) is 19.6 Å². The Morgan fingerprint density at radius 1 is 1.23 bits per heavy atom. The zero-order valence-corrected chi connectivity index (χ0v) is 21.5. The average Bonchev–Trinajstić information content (AvgIpc) is 3.12. The number of nitriles is 1. The van der Waals surface area contributed by atoms with Crippen LogP contribution in [0.25, 0.3) is 0 Å². The van der Waals surface area contributed by atoms with Gasteiger partial charge in [0.05, 0.1) is 6.07 Å². The van der Waals surface area contributed by atoms with Crippen molar-refractivity contribution in [3.8, 4) is 11.8 Å². The monoisotopic (exact) mass is 479 g/mol. The Balaban J connectivity index is 1.39. The van der Waals surface area contributed by atoms with Crippen molar-refractivity contribution in [1.82, 2.24) is 10.2 Å². The van der Waals surface area contributed by atoms with Crippen LogP contribution >= 0.6 is 0 Å². The van der Waals surface area contributed by atoms with E-state index in [-0.39, 0.29) is 52.8 Å². The third-order valence-electron chi connectivity index (χ3n) is 8.45. The SMILES string of the molecule is Cc1ccc(OCC(=O)N2C[C@H]3[C@@H](C2C(=O)N[C@H](C#N)C[C@@H]2CCC(C)(C)CC2=O)C3(C)C)cc1. The Morgan fingerprint density at radius 2 is 1.91 bits per heavy atom. The number of piperidine rings is 1. The highest BCUT2D eigenvalue weighted by Crippen LogP contribution is 2.64. The van der Waals surface area contributed by atoms with Crippen molar-refractivity contribution in [3.05, 3.63) is 29.8 Å². The normalized spacial score (nSPS) is 29.0. The third kappa shape index (κ3) is 5.22. The third-order valence-corrected chi connectivity index (χ3v) is 8.45. The van der Waals surface area contributed by atoms with Crippen molar-refractivity contribution >= 4 is 17.6 Å². The van der Waals surface area contributed by atoms with Gasteiger partial charge in [0, 0.05) is 18.9 Å². The first-order valence-corrected chi connectivity index (χ1v) is 12.6. The number of hydrogen-bond acceptors (Lipinski definition) is 5. The number of Topliss-reactive ketones (excluding diaryl/α,β-unsaturated/α-hetero) is 1. The number of hydrogen-bond donors (Lipinski definition) is 1. The molecule has 5 atom stereocenters. The van der Waals surface area contributed by atoms with Crippen LogP contribution in [0, 0.1) is 46.8 Å². The van der Waals surface area contributed by atoms with Gasteiger partial charge >= 0.3 is 0 Å². The van der Waals surface area contributed by atoms with Crippen LogP contribution in [-0.4, -0.2) is 47.7 Å². The first-order valence-electron chi connectivity index (χ1n) is 12.6. The number of nitrogens with one attached hydrogen (secondary N) is 1. The standard InChI is InChI=1S/C28H37N3O4/c1-17-6-8-20(9-7-17)35-16-23(33)31-15-21-24(28(21,4)5)25(31)26(34)30-19(14-29)12-18-10-11-27(2,3)13-22(18)32/h6-9,18-19,21,24-25H,10-13,15-16H2,1-5H3,(H,30,34)/t18-,19-,21-,24-,25?/m0/s1. The minimum atomic E-state index is -0.751. The number of aryl methyl sites for hydroxylation is 1. The fourth-order valence-corrected chi connectivity index (χ4v) is 6.07. The Bertz CT molecular complexity index is 1040. The minimum absolute atomic E-state index is 0.00308. The average molecular weight is 480 g/mol. The number of nitrogens with zero attached hydrogens (tertiary/aromatic N) is 2. The zero-order chi connectivity index (χ0) is 25.5. The van der Waals surface area contributed by atoms with E-state index < -0.39 is 12.1 Å². The molecule has 0 aromatic heterocycles. The molecular formula is C28H37N3O4. The predicted molar refractivity (Wildman–Crippen MR) is 131 cm³/mol. The molecule has 1 N–H and O–H groups in total. The summed E-state index contributed by atoms with van der Waals surface area (Å²) in [6, 6.07) is 8.29. The van der Waals surface area contributed by atoms with Gasteiger partial charge in [-0.25, -0.2) is 0 Å². The smallest absolute Gasteiger partial charge is 0.261 e. The molecule has 2 amide bonds. The second kappa shape index (κ2) is 9.29. The molecule has 0 bridgehead atoms. The number of carbonyl (C=O) groups is 3. The van der Waals surface area contributed by atoms with Gasteiger partial charge in [0.15, 0.2) is 6.61 Å². The lowest BCUT2D eigenvalue weighted by Gasteiger charge is -2.34. The molecule has 1 aromatic carbocycles. The molecule has 188 valence electrons. The molecule has 35 heavy (non-hydrogen) atoms. The number of carbonyl (C=O) groups excluding carboxylic acids is 3. The summed E-state index contributed by atoms with van der Waals surface area (Å²) in [6.45, 7) is 10.8. The van der Waals surface area contributed by atoms with Crippen molar-refractivity contribution in [3.63, 3.8) is 0 Å². The quantitative estimate of drug-likeness (QED) is 0.644. The lowest BCUT2D eigenvalue weighted by Crippen LogP contribution is -2.53. The maximum Gasteiger partial charge on any atom is 0.261 e. The summed E-state index contributed by atoms with van der Waals surface area (Å²) < 4.78 is 5.68. The molecule has 2 saturated carbocycles. The van der Waals surface area contributed by atoms with E-state index in [4.69, 9.17) is 4.74 Å². The van der Waals surface area contributed by atoms with Gasteiger partial charge in [-0.15, -0.1) is 0 Å². The van der Waals surface area contributed by atoms with Gasteiger partial charge in [-0.2, -0.15) is 5.26 Å². The number of ether oxygens (including phenoxy) is 1. The van der Waals surface area contributed by atoms with E-state index >= 15 is 0 Å². The summed E-state index contributed by atoms with van der Waals surface area (Å²) in [5.74, 6) is 0.354. The fraction of sp³-hybridized carbons (Fsp3) is 0.643. The number of rotatable bonds is 7. The summed E-state index contributed by atoms with van der Waals surface area (Å²) in [5.41, 5.74) is 1.08. The molecule has 1 heterocycles. The highest BCUT2D eigenvalue weighted by molar-refractivity contribution is 5.90. The molecule has 1 saturated heterocycles. The second-order valence-electron chi connectivity index (χ2n) is 12.0. The Kier molecular flexibility index (Phi) is 6.70. The molecule has 2 aliphatic carbocycles. The molecule has 0 radical (unpaired) electrons. The lowest BCUT2D eigenvalue weighted by molar-refractivity contribution is -0.142. The summed E-state index contributed by atoms with van der Waals surface area (Å²) in [6.07, 6.45) is 2.50. The maximum absolute atomic E-state index is 13.4. The Hall–Kier alpha value is -2.88. The van der Waals surface area contributed by atoms with Gasteiger partial charge in [0.1, 0.15) is 23.6 Å². The second-order valence-corrected chi connectivity index (χ2v) is 12.0. The maximum atomic E-state index is 13.4. The van der Waals surface area contributed by atoms with E-state index in [1.54, 1.807) is 4.90 Å². The van der Waals surface area contributed by atoms with E-state index in [2.05, 4.69) is 39.1 Å². The van der Waals surface area contributed by atoms with Crippen LogP contribution < -0.4 is 10.1 Å². The van der Waals surface area contributed by atoms with Crippen molar-refractivity contribution in [2.45, 2.75) is 72.4 Å². The highest BCUT2D eigenvalue weighted by Gasteiger charge is 2.69. The van der Waals surface area contributed by atoms with Gasteiger partial charge in [-0.3, -0.25) is 14.4 Å². The molecular weight excluding hydrogens is 442 g/mol. The molecule has 0 spiro atoms. The number of likely N-dealkylation sites (tertiary alicyclic amines) is 1. The Morgan fingerprint density at radius 3 is 2.54 bits per heavy atom. The van der Waals surface area contributed by atoms with Gasteiger partial charge < -0.3 is 15.0 Å². The largest absolute Gasteiger partial charge is 0.484 e. The van der Waals surface area contributed by atoms with Crippen LogP contribution in [0.5, 0.6) is 5.75 Å². The summed E-state index contributed by atoms with van der Waals surface area (Å²) in [5, 5.41) is 12.6. The first kappa shape index (κ1) is 25.2.